The lowest BCUT2D eigenvalue weighted by Gasteiger charge is -2.21. The number of aromatic nitrogens is 2. The van der Waals surface area contributed by atoms with Gasteiger partial charge in [0, 0.05) is 18.8 Å². The van der Waals surface area contributed by atoms with E-state index in [1.54, 1.807) is 23.9 Å². The molecule has 1 aromatic heterocycles. The van der Waals surface area contributed by atoms with E-state index in [0.717, 1.165) is 17.1 Å². The molecule has 0 radical (unpaired) electrons. The van der Waals surface area contributed by atoms with E-state index >= 15 is 0 Å². The first-order valence-electron chi connectivity index (χ1n) is 10.3. The predicted octanol–water partition coefficient (Wildman–Crippen LogP) is 3.57. The third-order valence-corrected chi connectivity index (χ3v) is 7.32. The number of rotatable bonds is 8. The zero-order valence-electron chi connectivity index (χ0n) is 19.0. The molecule has 3 rings (SSSR count). The average molecular weight is 456 g/mol. The number of amides is 1. The van der Waals surface area contributed by atoms with Crippen molar-refractivity contribution in [2.45, 2.75) is 38.6 Å². The normalized spacial score (nSPS) is 11.7. The molecule has 2 N–H and O–H groups in total. The van der Waals surface area contributed by atoms with Gasteiger partial charge in [0.2, 0.25) is 15.9 Å². The first-order valence-corrected chi connectivity index (χ1v) is 11.8. The van der Waals surface area contributed by atoms with Gasteiger partial charge >= 0.3 is 0 Å². The minimum absolute atomic E-state index is 0.0351. The highest BCUT2D eigenvalue weighted by molar-refractivity contribution is 7.89. The molecule has 1 heterocycles. The van der Waals surface area contributed by atoms with Crippen molar-refractivity contribution < 1.29 is 13.2 Å². The summed E-state index contributed by atoms with van der Waals surface area (Å²) >= 11 is 0. The van der Waals surface area contributed by atoms with Crippen LogP contribution < -0.4 is 10.6 Å². The van der Waals surface area contributed by atoms with Gasteiger partial charge in [-0.25, -0.2) is 13.1 Å². The molecule has 8 nitrogen and oxygen atoms in total. The molecule has 9 heteroatoms. The van der Waals surface area contributed by atoms with Gasteiger partial charge in [-0.15, -0.1) is 0 Å². The van der Waals surface area contributed by atoms with Crippen molar-refractivity contribution in [1.29, 1.82) is 0 Å². The molecule has 0 aliphatic carbocycles. The van der Waals surface area contributed by atoms with Gasteiger partial charge in [-0.3, -0.25) is 4.79 Å². The summed E-state index contributed by atoms with van der Waals surface area (Å²) in [6.45, 7) is 7.43. The Morgan fingerprint density at radius 3 is 2.28 bits per heavy atom. The maximum atomic E-state index is 12.6. The summed E-state index contributed by atoms with van der Waals surface area (Å²) in [6.07, 6.45) is 0. The maximum absolute atomic E-state index is 12.6. The van der Waals surface area contributed by atoms with Gasteiger partial charge < -0.3 is 10.6 Å². The van der Waals surface area contributed by atoms with E-state index in [4.69, 9.17) is 0 Å². The van der Waals surface area contributed by atoms with E-state index in [2.05, 4.69) is 15.7 Å². The van der Waals surface area contributed by atoms with Crippen LogP contribution >= 0.6 is 0 Å². The largest absolute Gasteiger partial charge is 0.376 e. The molecule has 1 amide bonds. The Balaban J connectivity index is 1.64. The fourth-order valence-electron chi connectivity index (χ4n) is 3.20. The second-order valence-electron chi connectivity index (χ2n) is 7.83. The summed E-state index contributed by atoms with van der Waals surface area (Å²) in [5, 5.41) is 10.5. The summed E-state index contributed by atoms with van der Waals surface area (Å²) in [5.41, 5.74) is 3.82. The Labute approximate surface area is 189 Å². The van der Waals surface area contributed by atoms with Crippen molar-refractivity contribution in [3.63, 3.8) is 0 Å². The number of anilines is 2. The van der Waals surface area contributed by atoms with Gasteiger partial charge in [0.1, 0.15) is 0 Å². The van der Waals surface area contributed by atoms with E-state index in [1.807, 2.05) is 58.0 Å². The first-order chi connectivity index (χ1) is 15.1. The van der Waals surface area contributed by atoms with Crippen LogP contribution in [0, 0.1) is 13.8 Å². The Hall–Kier alpha value is -3.17. The van der Waals surface area contributed by atoms with Gasteiger partial charge in [-0.05, 0) is 64.1 Å². The molecule has 0 unspecified atom stereocenters. The molecule has 32 heavy (non-hydrogen) atoms. The van der Waals surface area contributed by atoms with Gasteiger partial charge in [-0.2, -0.15) is 9.40 Å². The second kappa shape index (κ2) is 9.54. The quantitative estimate of drug-likeness (QED) is 0.541. The van der Waals surface area contributed by atoms with Crippen LogP contribution in [0.4, 0.5) is 11.4 Å². The van der Waals surface area contributed by atoms with Crippen LogP contribution in [0.25, 0.3) is 5.69 Å². The maximum Gasteiger partial charge on any atom is 0.243 e. The fourth-order valence-corrected chi connectivity index (χ4v) is 4.57. The van der Waals surface area contributed by atoms with Crippen molar-refractivity contribution >= 4 is 27.3 Å². The predicted molar refractivity (Wildman–Crippen MR) is 127 cm³/mol. The number of hydrogen-bond donors (Lipinski definition) is 2. The molecule has 0 saturated heterocycles. The lowest BCUT2D eigenvalue weighted by Crippen LogP contribution is -2.33. The van der Waals surface area contributed by atoms with E-state index < -0.39 is 10.0 Å². The first kappa shape index (κ1) is 23.5. The molecule has 0 fully saturated rings. The van der Waals surface area contributed by atoms with Crippen molar-refractivity contribution in [2.24, 2.45) is 0 Å². The minimum atomic E-state index is -3.54. The van der Waals surface area contributed by atoms with Crippen LogP contribution in [-0.4, -0.2) is 48.0 Å². The van der Waals surface area contributed by atoms with E-state index in [-0.39, 0.29) is 23.4 Å². The molecule has 0 atom stereocenters. The fraction of sp³-hybridized carbons (Fsp3) is 0.304. The molecule has 0 saturated carbocycles. The number of sulfonamides is 1. The average Bonchev–Trinajstić information content (AvgIpc) is 3.06. The molecule has 0 aliphatic rings. The standard InChI is InChI=1S/C23H29N5O3S/c1-16(2)27(5)32(30,31)21-13-11-19(12-14-21)24-15-22(29)25-23-17(3)26-28(18(23)4)20-9-7-6-8-10-20/h6-14,16,24H,15H2,1-5H3,(H,25,29). The van der Waals surface area contributed by atoms with Gasteiger partial charge in [0.15, 0.2) is 0 Å². The summed E-state index contributed by atoms with van der Waals surface area (Å²) in [6, 6.07) is 15.9. The molecule has 2 aromatic carbocycles. The SMILES string of the molecule is Cc1nn(-c2ccccc2)c(C)c1NC(=O)CNc1ccc(S(=O)(=O)N(C)C(C)C)cc1. The zero-order valence-corrected chi connectivity index (χ0v) is 19.8. The molecule has 0 bridgehead atoms. The van der Waals surface area contributed by atoms with Crippen LogP contribution in [0.2, 0.25) is 0 Å². The number of carbonyl (C=O) groups is 1. The van der Waals surface area contributed by atoms with Crippen LogP contribution in [0.3, 0.4) is 0 Å². The monoisotopic (exact) mass is 455 g/mol. The molecule has 0 aliphatic heterocycles. The van der Waals surface area contributed by atoms with Crippen LogP contribution in [-0.2, 0) is 14.8 Å². The number of aryl methyl sites for hydroxylation is 1. The third kappa shape index (κ3) is 5.00. The molecular formula is C23H29N5O3S. The Morgan fingerprint density at radius 1 is 1.06 bits per heavy atom. The van der Waals surface area contributed by atoms with Crippen LogP contribution in [0.1, 0.15) is 25.2 Å². The Morgan fingerprint density at radius 2 is 1.69 bits per heavy atom. The number of nitrogens with zero attached hydrogens (tertiary/aromatic N) is 3. The number of benzene rings is 2. The smallest absolute Gasteiger partial charge is 0.243 e. The number of para-hydroxylation sites is 1. The topological polar surface area (TPSA) is 96.3 Å². The van der Waals surface area contributed by atoms with Crippen molar-refractivity contribution in [1.82, 2.24) is 14.1 Å². The third-order valence-electron chi connectivity index (χ3n) is 5.27. The number of carbonyl (C=O) groups excluding carboxylic acids is 1. The van der Waals surface area contributed by atoms with Crippen LogP contribution in [0.15, 0.2) is 59.5 Å². The van der Waals surface area contributed by atoms with E-state index in [0.29, 0.717) is 11.4 Å². The van der Waals surface area contributed by atoms with E-state index in [1.165, 1.54) is 16.4 Å². The van der Waals surface area contributed by atoms with Crippen molar-refractivity contribution in [3.8, 4) is 5.69 Å². The highest BCUT2D eigenvalue weighted by atomic mass is 32.2. The minimum Gasteiger partial charge on any atom is -0.376 e. The highest BCUT2D eigenvalue weighted by Crippen LogP contribution is 2.23. The summed E-state index contributed by atoms with van der Waals surface area (Å²) in [5.74, 6) is -0.222. The second-order valence-corrected chi connectivity index (χ2v) is 9.83. The van der Waals surface area contributed by atoms with Crippen molar-refractivity contribution in [3.05, 3.63) is 66.0 Å². The van der Waals surface area contributed by atoms with Gasteiger partial charge in [-0.1, -0.05) is 18.2 Å². The molecule has 0 spiro atoms. The van der Waals surface area contributed by atoms with Gasteiger partial charge in [0.25, 0.3) is 0 Å². The summed E-state index contributed by atoms with van der Waals surface area (Å²) < 4.78 is 28.2. The van der Waals surface area contributed by atoms with Crippen molar-refractivity contribution in [2.75, 3.05) is 24.2 Å². The number of nitrogens with one attached hydrogen (secondary N) is 2. The highest BCUT2D eigenvalue weighted by Gasteiger charge is 2.22. The summed E-state index contributed by atoms with van der Waals surface area (Å²) in [7, 11) is -1.98. The van der Waals surface area contributed by atoms with E-state index in [9.17, 15) is 13.2 Å². The Bertz CT molecular complexity index is 1190. The summed E-state index contributed by atoms with van der Waals surface area (Å²) in [4.78, 5) is 12.7. The molecule has 170 valence electrons. The lowest BCUT2D eigenvalue weighted by molar-refractivity contribution is -0.114. The number of hydrogen-bond acceptors (Lipinski definition) is 5. The lowest BCUT2D eigenvalue weighted by atomic mass is 10.3. The molecular weight excluding hydrogens is 426 g/mol. The van der Waals surface area contributed by atoms with Gasteiger partial charge in [0.05, 0.1) is 34.2 Å². The van der Waals surface area contributed by atoms with Crippen LogP contribution in [0.5, 0.6) is 0 Å². The zero-order chi connectivity index (χ0) is 23.5. The molecule has 3 aromatic rings. The Kier molecular flexibility index (Phi) is 7.00.